The van der Waals surface area contributed by atoms with Crippen LogP contribution in [0.3, 0.4) is 0 Å². The zero-order valence-corrected chi connectivity index (χ0v) is 13.8. The summed E-state index contributed by atoms with van der Waals surface area (Å²) >= 11 is 0. The van der Waals surface area contributed by atoms with Crippen molar-refractivity contribution in [2.45, 2.75) is 62.3 Å². The first-order valence-corrected chi connectivity index (χ1v) is 7.11. The molecule has 1 aliphatic rings. The van der Waals surface area contributed by atoms with Crippen LogP contribution in [0.5, 0.6) is 0 Å². The van der Waals surface area contributed by atoms with E-state index < -0.39 is 0 Å². The van der Waals surface area contributed by atoms with Gasteiger partial charge < -0.3 is 0 Å². The summed E-state index contributed by atoms with van der Waals surface area (Å²) < 4.78 is 0. The van der Waals surface area contributed by atoms with E-state index in [1.54, 1.807) is 0 Å². The Morgan fingerprint density at radius 1 is 0.722 bits per heavy atom. The normalized spacial score (nSPS) is 22.6. The molecule has 0 nitrogen and oxygen atoms in total. The molecule has 18 heavy (non-hydrogen) atoms. The molecule has 0 aromatic carbocycles. The Morgan fingerprint density at radius 3 is 1.50 bits per heavy atom. The molecule has 103 valence electrons. The van der Waals surface area contributed by atoms with E-state index in [2.05, 4.69) is 80.9 Å². The number of hydrogen-bond acceptors (Lipinski definition) is 0. The molecule has 1 rings (SSSR count). The average molecular weight is 247 g/mol. The fourth-order valence-corrected chi connectivity index (χ4v) is 2.13. The highest BCUT2D eigenvalue weighted by Gasteiger charge is 2.32. The van der Waals surface area contributed by atoms with Crippen LogP contribution in [0.2, 0.25) is 0 Å². The molecule has 1 unspecified atom stereocenters. The van der Waals surface area contributed by atoms with Crippen molar-refractivity contribution < 1.29 is 0 Å². The van der Waals surface area contributed by atoms with Gasteiger partial charge in [0, 0.05) is 0 Å². The molecule has 0 amide bonds. The lowest BCUT2D eigenvalue weighted by Gasteiger charge is -2.38. The molecule has 1 radical (unpaired) electrons. The van der Waals surface area contributed by atoms with Crippen molar-refractivity contribution in [1.29, 1.82) is 0 Å². The Labute approximate surface area is 115 Å². The smallest absolute Gasteiger partial charge is 0.00548 e. The molecule has 0 fully saturated rings. The SMILES string of the molecule is CC(C)(C)C1=CC(C(C)(C)C)=CC(C(C)(C)C)[CH]1. The van der Waals surface area contributed by atoms with Gasteiger partial charge in [0.15, 0.2) is 0 Å². The molecule has 0 heteroatoms. The second-order valence-electron chi connectivity index (χ2n) is 8.78. The van der Waals surface area contributed by atoms with Crippen LogP contribution in [0.1, 0.15) is 62.3 Å². The van der Waals surface area contributed by atoms with Crippen molar-refractivity contribution in [3.8, 4) is 0 Å². The highest BCUT2D eigenvalue weighted by Crippen LogP contribution is 2.44. The quantitative estimate of drug-likeness (QED) is 0.506. The van der Waals surface area contributed by atoms with E-state index in [0.717, 1.165) is 0 Å². The zero-order valence-electron chi connectivity index (χ0n) is 13.8. The third kappa shape index (κ3) is 3.73. The van der Waals surface area contributed by atoms with Gasteiger partial charge in [0.25, 0.3) is 0 Å². The van der Waals surface area contributed by atoms with Gasteiger partial charge in [0.1, 0.15) is 0 Å². The molecule has 0 spiro atoms. The summed E-state index contributed by atoms with van der Waals surface area (Å²) in [4.78, 5) is 0. The van der Waals surface area contributed by atoms with Crippen LogP contribution in [-0.4, -0.2) is 0 Å². The minimum absolute atomic E-state index is 0.230. The highest BCUT2D eigenvalue weighted by atomic mass is 14.4. The molecule has 0 saturated carbocycles. The Bertz CT molecular complexity index is 358. The lowest BCUT2D eigenvalue weighted by atomic mass is 9.66. The Kier molecular flexibility index (Phi) is 3.92. The average Bonchev–Trinajstić information content (AvgIpc) is 2.13. The van der Waals surface area contributed by atoms with E-state index in [-0.39, 0.29) is 10.8 Å². The van der Waals surface area contributed by atoms with Gasteiger partial charge in [-0.15, -0.1) is 0 Å². The maximum absolute atomic E-state index is 2.47. The van der Waals surface area contributed by atoms with E-state index in [1.807, 2.05) is 0 Å². The van der Waals surface area contributed by atoms with Crippen molar-refractivity contribution in [2.75, 3.05) is 0 Å². The van der Waals surface area contributed by atoms with Crippen LogP contribution in [0.25, 0.3) is 0 Å². The summed E-state index contributed by atoms with van der Waals surface area (Å²) in [5, 5.41) is 0. The first-order chi connectivity index (χ1) is 7.82. The number of hydrogen-bond donors (Lipinski definition) is 0. The van der Waals surface area contributed by atoms with Gasteiger partial charge in [-0.25, -0.2) is 0 Å². The summed E-state index contributed by atoms with van der Waals surface area (Å²) in [6.07, 6.45) is 7.34. The lowest BCUT2D eigenvalue weighted by molar-refractivity contribution is 0.313. The predicted octanol–water partition coefficient (Wildman–Crippen LogP) is 5.81. The largest absolute Gasteiger partial charge is 0.0765 e. The molecule has 1 atom stereocenters. The van der Waals surface area contributed by atoms with Crippen molar-refractivity contribution in [2.24, 2.45) is 22.2 Å². The van der Waals surface area contributed by atoms with E-state index >= 15 is 0 Å². The molecular weight excluding hydrogens is 216 g/mol. The number of allylic oxidation sites excluding steroid dienone is 4. The van der Waals surface area contributed by atoms with Gasteiger partial charge in [-0.3, -0.25) is 0 Å². The van der Waals surface area contributed by atoms with Gasteiger partial charge in [-0.2, -0.15) is 0 Å². The Hall–Kier alpha value is -0.520. The van der Waals surface area contributed by atoms with Crippen molar-refractivity contribution in [3.05, 3.63) is 29.7 Å². The molecule has 0 heterocycles. The van der Waals surface area contributed by atoms with Crippen LogP contribution in [0.4, 0.5) is 0 Å². The maximum Gasteiger partial charge on any atom is -0.00548 e. The summed E-state index contributed by atoms with van der Waals surface area (Å²) in [7, 11) is 0. The summed E-state index contributed by atoms with van der Waals surface area (Å²) in [5.41, 5.74) is 3.72. The van der Waals surface area contributed by atoms with Crippen LogP contribution in [0, 0.1) is 28.6 Å². The molecular formula is C18H31. The first-order valence-electron chi connectivity index (χ1n) is 7.11. The van der Waals surface area contributed by atoms with E-state index in [4.69, 9.17) is 0 Å². The number of rotatable bonds is 0. The predicted molar refractivity (Wildman–Crippen MR) is 82.3 cm³/mol. The molecule has 0 saturated heterocycles. The van der Waals surface area contributed by atoms with E-state index in [1.165, 1.54) is 11.1 Å². The van der Waals surface area contributed by atoms with Crippen molar-refractivity contribution >= 4 is 0 Å². The summed E-state index contributed by atoms with van der Waals surface area (Å²) in [6.45, 7) is 20.8. The third-order valence-electron chi connectivity index (χ3n) is 3.76. The third-order valence-corrected chi connectivity index (χ3v) is 3.76. The topological polar surface area (TPSA) is 0 Å². The lowest BCUT2D eigenvalue weighted by Crippen LogP contribution is -2.27. The Balaban J connectivity index is 3.21. The van der Waals surface area contributed by atoms with Crippen molar-refractivity contribution in [3.63, 3.8) is 0 Å². The van der Waals surface area contributed by atoms with E-state index in [0.29, 0.717) is 11.3 Å². The standard InChI is InChI=1S/C18H31/c1-16(2,3)13-10-14(17(4,5)6)12-15(11-13)18(7,8)9/h10-13H,1-9H3. The minimum atomic E-state index is 0.230. The second kappa shape index (κ2) is 4.54. The van der Waals surface area contributed by atoms with Crippen LogP contribution >= 0.6 is 0 Å². The fourth-order valence-electron chi connectivity index (χ4n) is 2.13. The zero-order chi connectivity index (χ0) is 14.4. The summed E-state index contributed by atoms with van der Waals surface area (Å²) in [6, 6.07) is 0. The van der Waals surface area contributed by atoms with Gasteiger partial charge in [-0.05, 0) is 34.2 Å². The van der Waals surface area contributed by atoms with Gasteiger partial charge >= 0.3 is 0 Å². The fraction of sp³-hybridized carbons (Fsp3) is 0.722. The summed E-state index contributed by atoms with van der Waals surface area (Å²) in [5.74, 6) is 0.533. The Morgan fingerprint density at radius 2 is 1.17 bits per heavy atom. The highest BCUT2D eigenvalue weighted by molar-refractivity contribution is 5.41. The van der Waals surface area contributed by atoms with Gasteiger partial charge in [0.05, 0.1) is 0 Å². The second-order valence-corrected chi connectivity index (χ2v) is 8.78. The van der Waals surface area contributed by atoms with Gasteiger partial charge in [0.2, 0.25) is 0 Å². The van der Waals surface area contributed by atoms with Gasteiger partial charge in [-0.1, -0.05) is 80.0 Å². The van der Waals surface area contributed by atoms with Crippen molar-refractivity contribution in [1.82, 2.24) is 0 Å². The maximum atomic E-state index is 2.47. The monoisotopic (exact) mass is 247 g/mol. The molecule has 1 aliphatic carbocycles. The molecule has 0 bridgehead atoms. The molecule has 0 N–H and O–H groups in total. The van der Waals surface area contributed by atoms with Crippen LogP contribution in [-0.2, 0) is 0 Å². The van der Waals surface area contributed by atoms with E-state index in [9.17, 15) is 0 Å². The van der Waals surface area contributed by atoms with Crippen LogP contribution in [0.15, 0.2) is 23.3 Å². The molecule has 0 aromatic heterocycles. The molecule has 0 aliphatic heterocycles. The van der Waals surface area contributed by atoms with Crippen LogP contribution < -0.4 is 0 Å². The first kappa shape index (κ1) is 15.5. The minimum Gasteiger partial charge on any atom is -0.0765 e. The molecule has 0 aromatic rings.